The lowest BCUT2D eigenvalue weighted by Crippen LogP contribution is -2.30. The molecule has 4 aromatic rings. The maximum atomic E-state index is 12.5. The number of benzene rings is 2. The van der Waals surface area contributed by atoms with Gasteiger partial charge in [-0.15, -0.1) is 13.2 Å². The molecule has 0 radical (unpaired) electrons. The molecule has 0 atom stereocenters. The van der Waals surface area contributed by atoms with Gasteiger partial charge < -0.3 is 9.47 Å². The molecule has 2 aromatic carbocycles. The molecule has 0 aliphatic rings. The largest absolute Gasteiger partial charge is 0.573 e. The molecule has 0 spiro atoms. The van der Waals surface area contributed by atoms with E-state index in [2.05, 4.69) is 4.74 Å². The highest BCUT2D eigenvalue weighted by molar-refractivity contribution is 5.61. The van der Waals surface area contributed by atoms with Crippen LogP contribution in [-0.2, 0) is 0 Å². The standard InChI is InChI=1S/C24H19F3N2O2/c1-30-22-6-2-4-20(16-22)28-12-8-18(9-13-28)19-10-14-29(15-11-19)21-5-3-7-23(17-21)31-24(25,26)27/h2-17H,1H3/q+2. The molecule has 0 saturated heterocycles. The molecule has 31 heavy (non-hydrogen) atoms. The van der Waals surface area contributed by atoms with E-state index in [0.717, 1.165) is 22.6 Å². The highest BCUT2D eigenvalue weighted by atomic mass is 19.4. The van der Waals surface area contributed by atoms with Gasteiger partial charge in [-0.25, -0.2) is 0 Å². The zero-order chi connectivity index (χ0) is 21.8. The molecule has 0 aliphatic carbocycles. The third-order valence-corrected chi connectivity index (χ3v) is 4.69. The first-order valence-corrected chi connectivity index (χ1v) is 9.45. The van der Waals surface area contributed by atoms with Gasteiger partial charge in [0, 0.05) is 36.4 Å². The Morgan fingerprint density at radius 2 is 1.10 bits per heavy atom. The average Bonchev–Trinajstić information content (AvgIpc) is 2.78. The van der Waals surface area contributed by atoms with Crippen molar-refractivity contribution in [1.82, 2.24) is 0 Å². The van der Waals surface area contributed by atoms with E-state index in [1.54, 1.807) is 30.1 Å². The number of hydrogen-bond donors (Lipinski definition) is 0. The first-order valence-electron chi connectivity index (χ1n) is 9.45. The molecular weight excluding hydrogens is 405 g/mol. The molecule has 0 bridgehead atoms. The molecule has 7 heteroatoms. The Morgan fingerprint density at radius 1 is 0.645 bits per heavy atom. The van der Waals surface area contributed by atoms with Crippen LogP contribution in [-0.4, -0.2) is 13.5 Å². The lowest BCUT2D eigenvalue weighted by molar-refractivity contribution is -0.596. The van der Waals surface area contributed by atoms with Gasteiger partial charge >= 0.3 is 6.36 Å². The molecule has 4 rings (SSSR count). The fourth-order valence-corrected chi connectivity index (χ4v) is 3.19. The molecule has 0 N–H and O–H groups in total. The summed E-state index contributed by atoms with van der Waals surface area (Å²) >= 11 is 0. The van der Waals surface area contributed by atoms with Crippen molar-refractivity contribution in [2.45, 2.75) is 6.36 Å². The number of alkyl halides is 3. The zero-order valence-electron chi connectivity index (χ0n) is 16.6. The quantitative estimate of drug-likeness (QED) is 0.430. The van der Waals surface area contributed by atoms with E-state index in [1.807, 2.05) is 65.5 Å². The van der Waals surface area contributed by atoms with Crippen LogP contribution in [0.2, 0.25) is 0 Å². The maximum absolute atomic E-state index is 12.5. The minimum atomic E-state index is -4.72. The smallest absolute Gasteiger partial charge is 0.497 e. The summed E-state index contributed by atoms with van der Waals surface area (Å²) in [5.41, 5.74) is 3.55. The molecule has 0 aliphatic heterocycles. The monoisotopic (exact) mass is 424 g/mol. The molecule has 0 unspecified atom stereocenters. The fraction of sp³-hybridized carbons (Fsp3) is 0.0833. The predicted octanol–water partition coefficient (Wildman–Crippen LogP) is 4.81. The van der Waals surface area contributed by atoms with Gasteiger partial charge in [0.15, 0.2) is 24.8 Å². The van der Waals surface area contributed by atoms with Crippen LogP contribution < -0.4 is 18.6 Å². The number of methoxy groups -OCH3 is 1. The van der Waals surface area contributed by atoms with E-state index in [4.69, 9.17) is 4.74 Å². The van der Waals surface area contributed by atoms with E-state index in [0.29, 0.717) is 5.69 Å². The van der Waals surface area contributed by atoms with Crippen molar-refractivity contribution in [3.63, 3.8) is 0 Å². The first kappa shape index (κ1) is 20.4. The molecule has 0 amide bonds. The summed E-state index contributed by atoms with van der Waals surface area (Å²) in [6.45, 7) is 0. The Hall–Kier alpha value is -3.87. The maximum Gasteiger partial charge on any atom is 0.573 e. The van der Waals surface area contributed by atoms with Gasteiger partial charge in [0.1, 0.15) is 11.5 Å². The van der Waals surface area contributed by atoms with E-state index in [9.17, 15) is 13.2 Å². The first-order chi connectivity index (χ1) is 14.9. The number of pyridine rings is 2. The summed E-state index contributed by atoms with van der Waals surface area (Å²) in [4.78, 5) is 0. The highest BCUT2D eigenvalue weighted by Gasteiger charge is 2.31. The molecule has 0 saturated carbocycles. The van der Waals surface area contributed by atoms with E-state index in [1.165, 1.54) is 18.2 Å². The second-order valence-electron chi connectivity index (χ2n) is 6.73. The minimum absolute atomic E-state index is 0.258. The fourth-order valence-electron chi connectivity index (χ4n) is 3.19. The van der Waals surface area contributed by atoms with E-state index >= 15 is 0 Å². The summed E-state index contributed by atoms with van der Waals surface area (Å²) in [5, 5.41) is 0. The third-order valence-electron chi connectivity index (χ3n) is 4.69. The molecule has 156 valence electrons. The summed E-state index contributed by atoms with van der Waals surface area (Å²) in [5.74, 6) is 0.526. The SMILES string of the molecule is COc1cccc(-[n+]2ccc(-c3cc[n+](-c4cccc(OC(F)(F)F)c4)cc3)cc2)c1. The van der Waals surface area contributed by atoms with Gasteiger partial charge in [-0.05, 0) is 23.3 Å². The summed E-state index contributed by atoms with van der Waals surface area (Å²) in [7, 11) is 1.63. The van der Waals surface area contributed by atoms with E-state index < -0.39 is 6.36 Å². The Balaban J connectivity index is 1.54. The topological polar surface area (TPSA) is 26.2 Å². The van der Waals surface area contributed by atoms with Gasteiger partial charge in [-0.3, -0.25) is 0 Å². The molecular formula is C24H19F3N2O2+2. The van der Waals surface area contributed by atoms with Crippen LogP contribution in [0.3, 0.4) is 0 Å². The second kappa shape index (κ2) is 8.47. The van der Waals surface area contributed by atoms with E-state index in [-0.39, 0.29) is 5.75 Å². The Morgan fingerprint density at radius 3 is 1.55 bits per heavy atom. The van der Waals surface area contributed by atoms with Gasteiger partial charge in [0.2, 0.25) is 11.4 Å². The van der Waals surface area contributed by atoms with Gasteiger partial charge in [0.25, 0.3) is 0 Å². The number of aromatic nitrogens is 2. The van der Waals surface area contributed by atoms with Crippen LogP contribution in [0.25, 0.3) is 22.5 Å². The summed E-state index contributed by atoms with van der Waals surface area (Å²) in [6.07, 6.45) is 2.80. The summed E-state index contributed by atoms with van der Waals surface area (Å²) < 4.78 is 50.3. The molecule has 0 fully saturated rings. The number of nitrogens with zero attached hydrogens (tertiary/aromatic N) is 2. The van der Waals surface area contributed by atoms with Gasteiger partial charge in [0.05, 0.1) is 19.2 Å². The lowest BCUT2D eigenvalue weighted by Gasteiger charge is -2.08. The van der Waals surface area contributed by atoms with Crippen molar-refractivity contribution in [3.05, 3.63) is 97.6 Å². The van der Waals surface area contributed by atoms with Crippen LogP contribution in [0.1, 0.15) is 0 Å². The van der Waals surface area contributed by atoms with Crippen LogP contribution in [0.4, 0.5) is 13.2 Å². The molecule has 2 heterocycles. The van der Waals surface area contributed by atoms with Crippen molar-refractivity contribution in [2.24, 2.45) is 0 Å². The number of halogens is 3. The van der Waals surface area contributed by atoms with Crippen LogP contribution in [0, 0.1) is 0 Å². The van der Waals surface area contributed by atoms with Gasteiger partial charge in [-0.2, -0.15) is 9.13 Å². The molecule has 2 aromatic heterocycles. The van der Waals surface area contributed by atoms with Crippen molar-refractivity contribution in [3.8, 4) is 34.0 Å². The Kier molecular flexibility index (Phi) is 5.58. The lowest BCUT2D eigenvalue weighted by atomic mass is 10.1. The third kappa shape index (κ3) is 5.01. The van der Waals surface area contributed by atoms with Crippen LogP contribution in [0.5, 0.6) is 11.5 Å². The number of hydrogen-bond acceptors (Lipinski definition) is 2. The Labute approximate surface area is 177 Å². The van der Waals surface area contributed by atoms with Crippen molar-refractivity contribution in [2.75, 3.05) is 7.11 Å². The molecule has 4 nitrogen and oxygen atoms in total. The number of ether oxygens (including phenoxy) is 2. The predicted molar refractivity (Wildman–Crippen MR) is 108 cm³/mol. The van der Waals surface area contributed by atoms with Crippen LogP contribution >= 0.6 is 0 Å². The normalized spacial score (nSPS) is 11.2. The number of rotatable bonds is 5. The second-order valence-corrected chi connectivity index (χ2v) is 6.73. The Bertz CT molecular complexity index is 1170. The highest BCUT2D eigenvalue weighted by Crippen LogP contribution is 2.23. The van der Waals surface area contributed by atoms with Crippen LogP contribution in [0.15, 0.2) is 97.6 Å². The average molecular weight is 424 g/mol. The van der Waals surface area contributed by atoms with Crippen molar-refractivity contribution in [1.29, 1.82) is 0 Å². The summed E-state index contributed by atoms with van der Waals surface area (Å²) in [6, 6.07) is 21.4. The van der Waals surface area contributed by atoms with Gasteiger partial charge in [-0.1, -0.05) is 12.1 Å². The van der Waals surface area contributed by atoms with Crippen molar-refractivity contribution >= 4 is 0 Å². The minimum Gasteiger partial charge on any atom is -0.497 e. The van der Waals surface area contributed by atoms with Crippen molar-refractivity contribution < 1.29 is 31.8 Å². The zero-order valence-corrected chi connectivity index (χ0v) is 16.6.